The molecule has 4 atom stereocenters. The SMILES string of the molecule is CCCN1CCCC(C(C)NC2CC(OC)C2(C)C)C1. The van der Waals surface area contributed by atoms with E-state index in [0.29, 0.717) is 18.2 Å². The van der Waals surface area contributed by atoms with Gasteiger partial charge in [-0.15, -0.1) is 0 Å². The molecule has 2 aliphatic rings. The van der Waals surface area contributed by atoms with E-state index in [2.05, 4.69) is 37.9 Å². The van der Waals surface area contributed by atoms with Gasteiger partial charge >= 0.3 is 0 Å². The van der Waals surface area contributed by atoms with Crippen molar-refractivity contribution in [3.8, 4) is 0 Å². The third-order valence-electron chi connectivity index (χ3n) is 5.72. The zero-order valence-corrected chi connectivity index (χ0v) is 14.1. The smallest absolute Gasteiger partial charge is 0.0652 e. The van der Waals surface area contributed by atoms with E-state index in [-0.39, 0.29) is 5.41 Å². The molecule has 2 rings (SSSR count). The van der Waals surface area contributed by atoms with Crippen molar-refractivity contribution in [3.05, 3.63) is 0 Å². The van der Waals surface area contributed by atoms with Crippen LogP contribution in [0.4, 0.5) is 0 Å². The molecule has 0 aromatic carbocycles. The van der Waals surface area contributed by atoms with Crippen LogP contribution in [0.1, 0.15) is 53.4 Å². The Kier molecular flexibility index (Phi) is 5.49. The molecule has 3 nitrogen and oxygen atoms in total. The topological polar surface area (TPSA) is 24.5 Å². The Labute approximate surface area is 125 Å². The Hall–Kier alpha value is -0.120. The van der Waals surface area contributed by atoms with Gasteiger partial charge in [-0.1, -0.05) is 20.8 Å². The number of hydrogen-bond donors (Lipinski definition) is 1. The van der Waals surface area contributed by atoms with Crippen molar-refractivity contribution in [2.45, 2.75) is 71.6 Å². The van der Waals surface area contributed by atoms with Crippen molar-refractivity contribution >= 4 is 0 Å². The Morgan fingerprint density at radius 1 is 1.40 bits per heavy atom. The summed E-state index contributed by atoms with van der Waals surface area (Å²) in [7, 11) is 1.84. The maximum atomic E-state index is 5.56. The summed E-state index contributed by atoms with van der Waals surface area (Å²) < 4.78 is 5.56. The molecule has 1 saturated heterocycles. The fourth-order valence-corrected chi connectivity index (χ4v) is 4.04. The number of likely N-dealkylation sites (tertiary alicyclic amines) is 1. The van der Waals surface area contributed by atoms with Gasteiger partial charge in [-0.05, 0) is 51.6 Å². The third-order valence-corrected chi connectivity index (χ3v) is 5.72. The second kappa shape index (κ2) is 6.76. The number of rotatable bonds is 6. The molecule has 1 aliphatic carbocycles. The first-order valence-corrected chi connectivity index (χ1v) is 8.50. The molecule has 1 heterocycles. The van der Waals surface area contributed by atoms with Gasteiger partial charge in [0.2, 0.25) is 0 Å². The number of piperidine rings is 1. The fourth-order valence-electron chi connectivity index (χ4n) is 4.04. The van der Waals surface area contributed by atoms with E-state index in [4.69, 9.17) is 4.74 Å². The maximum Gasteiger partial charge on any atom is 0.0652 e. The molecule has 2 fully saturated rings. The third kappa shape index (κ3) is 3.37. The molecule has 20 heavy (non-hydrogen) atoms. The van der Waals surface area contributed by atoms with E-state index in [1.807, 2.05) is 7.11 Å². The summed E-state index contributed by atoms with van der Waals surface area (Å²) in [6.07, 6.45) is 5.62. The highest BCUT2D eigenvalue weighted by molar-refractivity contribution is 5.03. The minimum absolute atomic E-state index is 0.279. The van der Waals surface area contributed by atoms with Crippen LogP contribution >= 0.6 is 0 Å². The standard InChI is InChI=1S/C17H34N2O/c1-6-9-19-10-7-8-14(12-19)13(2)18-15-11-16(20-5)17(15,3)4/h13-16,18H,6-12H2,1-5H3. The number of hydrogen-bond acceptors (Lipinski definition) is 3. The summed E-state index contributed by atoms with van der Waals surface area (Å²) in [5, 5.41) is 3.90. The quantitative estimate of drug-likeness (QED) is 0.811. The van der Waals surface area contributed by atoms with Gasteiger partial charge in [-0.3, -0.25) is 0 Å². The lowest BCUT2D eigenvalue weighted by Gasteiger charge is -2.53. The van der Waals surface area contributed by atoms with E-state index in [9.17, 15) is 0 Å². The Balaban J connectivity index is 1.81. The van der Waals surface area contributed by atoms with Gasteiger partial charge in [0.1, 0.15) is 0 Å². The molecule has 1 N–H and O–H groups in total. The summed E-state index contributed by atoms with van der Waals surface area (Å²) in [5.41, 5.74) is 0.279. The Morgan fingerprint density at radius 3 is 2.75 bits per heavy atom. The fraction of sp³-hybridized carbons (Fsp3) is 1.00. The van der Waals surface area contributed by atoms with E-state index in [1.165, 1.54) is 45.3 Å². The molecular weight excluding hydrogens is 248 g/mol. The van der Waals surface area contributed by atoms with Crippen LogP contribution in [0.3, 0.4) is 0 Å². The van der Waals surface area contributed by atoms with Crippen LogP contribution in [0.2, 0.25) is 0 Å². The summed E-state index contributed by atoms with van der Waals surface area (Å²) in [4.78, 5) is 2.65. The highest BCUT2D eigenvalue weighted by Gasteiger charge is 2.49. The van der Waals surface area contributed by atoms with Gasteiger partial charge in [-0.25, -0.2) is 0 Å². The van der Waals surface area contributed by atoms with Crippen LogP contribution in [0, 0.1) is 11.3 Å². The van der Waals surface area contributed by atoms with Crippen molar-refractivity contribution in [1.82, 2.24) is 10.2 Å². The van der Waals surface area contributed by atoms with Crippen LogP contribution in [-0.4, -0.2) is 49.8 Å². The maximum absolute atomic E-state index is 5.56. The first-order valence-electron chi connectivity index (χ1n) is 8.50. The van der Waals surface area contributed by atoms with Crippen LogP contribution in [0.5, 0.6) is 0 Å². The largest absolute Gasteiger partial charge is 0.381 e. The Bertz CT molecular complexity index is 303. The van der Waals surface area contributed by atoms with Crippen molar-refractivity contribution in [2.75, 3.05) is 26.7 Å². The average Bonchev–Trinajstić information content (AvgIpc) is 2.43. The van der Waals surface area contributed by atoms with Gasteiger partial charge in [-0.2, -0.15) is 0 Å². The molecular formula is C17H34N2O. The summed E-state index contributed by atoms with van der Waals surface area (Å²) in [6, 6.07) is 1.24. The molecule has 0 bridgehead atoms. The lowest BCUT2D eigenvalue weighted by molar-refractivity contribution is -0.102. The lowest BCUT2D eigenvalue weighted by atomic mass is 9.64. The molecule has 0 spiro atoms. The second-order valence-corrected chi connectivity index (χ2v) is 7.49. The van der Waals surface area contributed by atoms with Crippen molar-refractivity contribution in [3.63, 3.8) is 0 Å². The highest BCUT2D eigenvalue weighted by atomic mass is 16.5. The normalized spacial score (nSPS) is 35.5. The molecule has 0 aromatic rings. The van der Waals surface area contributed by atoms with Crippen LogP contribution < -0.4 is 5.32 Å². The molecule has 0 radical (unpaired) electrons. The molecule has 4 unspecified atom stereocenters. The molecule has 0 amide bonds. The molecule has 1 saturated carbocycles. The number of methoxy groups -OCH3 is 1. The first-order chi connectivity index (χ1) is 9.48. The highest BCUT2D eigenvalue weighted by Crippen LogP contribution is 2.43. The second-order valence-electron chi connectivity index (χ2n) is 7.49. The van der Waals surface area contributed by atoms with Crippen molar-refractivity contribution in [2.24, 2.45) is 11.3 Å². The van der Waals surface area contributed by atoms with E-state index >= 15 is 0 Å². The zero-order chi connectivity index (χ0) is 14.8. The average molecular weight is 282 g/mol. The summed E-state index contributed by atoms with van der Waals surface area (Å²) >= 11 is 0. The predicted molar refractivity (Wildman–Crippen MR) is 85.0 cm³/mol. The van der Waals surface area contributed by atoms with Gasteiger partial charge in [0, 0.05) is 31.2 Å². The molecule has 1 aliphatic heterocycles. The summed E-state index contributed by atoms with van der Waals surface area (Å²) in [6.45, 7) is 13.2. The van der Waals surface area contributed by atoms with E-state index < -0.39 is 0 Å². The van der Waals surface area contributed by atoms with Crippen LogP contribution in [0.25, 0.3) is 0 Å². The number of ether oxygens (including phenoxy) is 1. The monoisotopic (exact) mass is 282 g/mol. The summed E-state index contributed by atoms with van der Waals surface area (Å²) in [5.74, 6) is 0.813. The van der Waals surface area contributed by atoms with E-state index in [1.54, 1.807) is 0 Å². The van der Waals surface area contributed by atoms with Crippen LogP contribution in [-0.2, 0) is 4.74 Å². The minimum Gasteiger partial charge on any atom is -0.381 e. The Morgan fingerprint density at radius 2 is 2.15 bits per heavy atom. The van der Waals surface area contributed by atoms with Crippen molar-refractivity contribution < 1.29 is 4.74 Å². The van der Waals surface area contributed by atoms with Gasteiger partial charge in [0.05, 0.1) is 6.10 Å². The zero-order valence-electron chi connectivity index (χ0n) is 14.1. The van der Waals surface area contributed by atoms with Gasteiger partial charge in [0.25, 0.3) is 0 Å². The molecule has 0 aromatic heterocycles. The first kappa shape index (κ1) is 16.3. The van der Waals surface area contributed by atoms with E-state index in [0.717, 1.165) is 5.92 Å². The number of nitrogens with one attached hydrogen (secondary N) is 1. The predicted octanol–water partition coefficient (Wildman–Crippen LogP) is 2.90. The van der Waals surface area contributed by atoms with Crippen LogP contribution in [0.15, 0.2) is 0 Å². The number of nitrogens with zero attached hydrogens (tertiary/aromatic N) is 1. The molecule has 3 heteroatoms. The molecule has 118 valence electrons. The lowest BCUT2D eigenvalue weighted by Crippen LogP contribution is -2.63. The van der Waals surface area contributed by atoms with Gasteiger partial charge in [0.15, 0.2) is 0 Å². The van der Waals surface area contributed by atoms with Gasteiger partial charge < -0.3 is 15.0 Å². The van der Waals surface area contributed by atoms with Crippen molar-refractivity contribution in [1.29, 1.82) is 0 Å². The minimum atomic E-state index is 0.279.